The zero-order valence-corrected chi connectivity index (χ0v) is 18.1. The zero-order chi connectivity index (χ0) is 21.8. The second-order valence-electron chi connectivity index (χ2n) is 7.98. The van der Waals surface area contributed by atoms with Crippen molar-refractivity contribution in [2.24, 2.45) is 0 Å². The Morgan fingerprint density at radius 3 is 2.84 bits per heavy atom. The van der Waals surface area contributed by atoms with Crippen LogP contribution in [0.2, 0.25) is 5.02 Å². The van der Waals surface area contributed by atoms with E-state index in [1.807, 2.05) is 18.2 Å². The van der Waals surface area contributed by atoms with Gasteiger partial charge < -0.3 is 10.2 Å². The maximum atomic E-state index is 12.9. The third kappa shape index (κ3) is 5.07. The minimum Gasteiger partial charge on any atom is -0.354 e. The lowest BCUT2D eigenvalue weighted by atomic mass is 9.97. The quantitative estimate of drug-likeness (QED) is 0.665. The number of amides is 2. The molecule has 9 heteroatoms. The van der Waals surface area contributed by atoms with Crippen molar-refractivity contribution in [3.63, 3.8) is 0 Å². The van der Waals surface area contributed by atoms with Crippen molar-refractivity contribution in [2.45, 2.75) is 51.7 Å². The molecule has 2 heterocycles. The van der Waals surface area contributed by atoms with Gasteiger partial charge in [-0.3, -0.25) is 14.2 Å². The summed E-state index contributed by atoms with van der Waals surface area (Å²) >= 11 is 6.03. The third-order valence-corrected chi connectivity index (χ3v) is 5.94. The summed E-state index contributed by atoms with van der Waals surface area (Å²) in [6.45, 7) is 1.47. The molecular weight excluding hydrogens is 418 g/mol. The van der Waals surface area contributed by atoms with E-state index >= 15 is 0 Å². The van der Waals surface area contributed by atoms with Crippen LogP contribution in [0.3, 0.4) is 0 Å². The van der Waals surface area contributed by atoms with Gasteiger partial charge in [-0.25, -0.2) is 9.48 Å². The lowest BCUT2D eigenvalue weighted by Gasteiger charge is -2.26. The van der Waals surface area contributed by atoms with Gasteiger partial charge in [0.15, 0.2) is 0 Å². The number of rotatable bonds is 7. The fourth-order valence-electron chi connectivity index (χ4n) is 4.06. The van der Waals surface area contributed by atoms with Gasteiger partial charge in [-0.1, -0.05) is 35.4 Å². The Kier molecular flexibility index (Phi) is 6.56. The van der Waals surface area contributed by atoms with Crippen LogP contribution in [0.1, 0.15) is 48.3 Å². The number of nitrogens with one attached hydrogen (secondary N) is 1. The first kappa shape index (κ1) is 21.4. The summed E-state index contributed by atoms with van der Waals surface area (Å²) in [6, 6.07) is 7.32. The maximum absolute atomic E-state index is 12.9. The Morgan fingerprint density at radius 2 is 2.06 bits per heavy atom. The van der Waals surface area contributed by atoms with E-state index in [2.05, 4.69) is 16.5 Å². The largest absolute Gasteiger partial charge is 0.354 e. The number of benzene rings is 1. The number of halogens is 1. The van der Waals surface area contributed by atoms with Crippen LogP contribution < -0.4 is 11.0 Å². The lowest BCUT2D eigenvalue weighted by molar-refractivity contribution is -0.121. The average molecular weight is 444 g/mol. The summed E-state index contributed by atoms with van der Waals surface area (Å²) in [5.41, 5.74) is 1.85. The summed E-state index contributed by atoms with van der Waals surface area (Å²) in [7, 11) is 0. The number of allylic oxidation sites excluding steroid dienone is 1. The van der Waals surface area contributed by atoms with Gasteiger partial charge in [-0.2, -0.15) is 0 Å². The van der Waals surface area contributed by atoms with E-state index in [1.54, 1.807) is 11.0 Å². The number of carbonyl (C=O) groups excluding carboxylic acids is 2. The number of fused-ring (bicyclic) bond motifs is 1. The molecule has 4 rings (SSSR count). The molecule has 1 aliphatic carbocycles. The van der Waals surface area contributed by atoms with Gasteiger partial charge in [0.25, 0.3) is 5.91 Å². The van der Waals surface area contributed by atoms with E-state index in [4.69, 9.17) is 11.6 Å². The minimum absolute atomic E-state index is 0.0680. The van der Waals surface area contributed by atoms with Crippen LogP contribution in [0, 0.1) is 0 Å². The van der Waals surface area contributed by atoms with Gasteiger partial charge >= 0.3 is 5.69 Å². The Labute approximate surface area is 185 Å². The van der Waals surface area contributed by atoms with Gasteiger partial charge in [0, 0.05) is 31.2 Å². The number of hydrogen-bond donors (Lipinski definition) is 1. The molecule has 31 heavy (non-hydrogen) atoms. The highest BCUT2D eigenvalue weighted by atomic mass is 35.5. The van der Waals surface area contributed by atoms with E-state index in [0.717, 1.165) is 29.5 Å². The van der Waals surface area contributed by atoms with Gasteiger partial charge in [-0.05, 0) is 49.8 Å². The van der Waals surface area contributed by atoms with Gasteiger partial charge in [-0.15, -0.1) is 5.10 Å². The zero-order valence-electron chi connectivity index (χ0n) is 17.3. The predicted molar refractivity (Wildman–Crippen MR) is 117 cm³/mol. The molecular formula is C22H26ClN5O3. The van der Waals surface area contributed by atoms with Crippen LogP contribution in [0.5, 0.6) is 0 Å². The monoisotopic (exact) mass is 443 g/mol. The Morgan fingerprint density at radius 1 is 1.19 bits per heavy atom. The molecule has 0 atom stereocenters. The van der Waals surface area contributed by atoms with Crippen molar-refractivity contribution in [3.05, 3.63) is 62.8 Å². The molecule has 0 radical (unpaired) electrons. The van der Waals surface area contributed by atoms with Crippen molar-refractivity contribution in [2.75, 3.05) is 13.1 Å². The van der Waals surface area contributed by atoms with Crippen molar-refractivity contribution in [3.8, 4) is 0 Å². The summed E-state index contributed by atoms with van der Waals surface area (Å²) in [5.74, 6) is -0.539. The molecule has 1 aromatic carbocycles. The molecule has 0 unspecified atom stereocenters. The van der Waals surface area contributed by atoms with E-state index in [9.17, 15) is 14.4 Å². The Hall–Kier alpha value is -2.87. The summed E-state index contributed by atoms with van der Waals surface area (Å²) in [6.07, 6.45) is 7.73. The number of aromatic nitrogens is 3. The van der Waals surface area contributed by atoms with Gasteiger partial charge in [0.2, 0.25) is 11.7 Å². The minimum atomic E-state index is -0.434. The first-order valence-corrected chi connectivity index (χ1v) is 11.0. The predicted octanol–water partition coefficient (Wildman–Crippen LogP) is 2.36. The molecule has 0 bridgehead atoms. The van der Waals surface area contributed by atoms with E-state index < -0.39 is 5.69 Å². The molecule has 0 saturated carbocycles. The molecule has 0 saturated heterocycles. The van der Waals surface area contributed by atoms with Crippen LogP contribution in [-0.4, -0.2) is 44.2 Å². The summed E-state index contributed by atoms with van der Waals surface area (Å²) < 4.78 is 2.42. The normalized spacial score (nSPS) is 16.1. The Balaban J connectivity index is 1.37. The van der Waals surface area contributed by atoms with Crippen LogP contribution in [0.25, 0.3) is 0 Å². The Bertz CT molecular complexity index is 1070. The molecule has 8 nitrogen and oxygen atoms in total. The number of hydrogen-bond acceptors (Lipinski definition) is 4. The topological polar surface area (TPSA) is 89.2 Å². The fourth-order valence-corrected chi connectivity index (χ4v) is 4.27. The van der Waals surface area contributed by atoms with Crippen LogP contribution in [0.4, 0.5) is 0 Å². The summed E-state index contributed by atoms with van der Waals surface area (Å²) in [5, 5.41) is 7.61. The SMILES string of the molecule is O=C(Cn1nc2n(c1=O)CCN(Cc1cccc(Cl)c1)C2=O)NCCC1=CCCCC1. The highest BCUT2D eigenvalue weighted by Crippen LogP contribution is 2.19. The second-order valence-corrected chi connectivity index (χ2v) is 8.42. The second kappa shape index (κ2) is 9.51. The molecule has 0 spiro atoms. The molecule has 1 aliphatic heterocycles. The van der Waals surface area contributed by atoms with E-state index in [1.165, 1.54) is 23.0 Å². The molecule has 2 amide bonds. The van der Waals surface area contributed by atoms with Crippen molar-refractivity contribution >= 4 is 23.4 Å². The molecule has 0 fully saturated rings. The molecule has 164 valence electrons. The van der Waals surface area contributed by atoms with Gasteiger partial charge in [0.1, 0.15) is 6.54 Å². The molecule has 1 aromatic heterocycles. The highest BCUT2D eigenvalue weighted by Gasteiger charge is 2.30. The first-order chi connectivity index (χ1) is 15.0. The van der Waals surface area contributed by atoms with Gasteiger partial charge in [0.05, 0.1) is 0 Å². The summed E-state index contributed by atoms with van der Waals surface area (Å²) in [4.78, 5) is 39.4. The number of nitrogens with zero attached hydrogens (tertiary/aromatic N) is 4. The third-order valence-electron chi connectivity index (χ3n) is 5.70. The van der Waals surface area contributed by atoms with Crippen LogP contribution in [0.15, 0.2) is 40.7 Å². The smallest absolute Gasteiger partial charge is 0.346 e. The van der Waals surface area contributed by atoms with Crippen molar-refractivity contribution < 1.29 is 9.59 Å². The highest BCUT2D eigenvalue weighted by molar-refractivity contribution is 6.30. The standard InChI is InChI=1S/C22H26ClN5O3/c23-18-8-4-7-17(13-18)14-26-11-12-27-20(21(26)30)25-28(22(27)31)15-19(29)24-10-9-16-5-2-1-3-6-16/h4-5,7-8,13H,1-3,6,9-12,14-15H2,(H,24,29). The number of carbonyl (C=O) groups is 2. The van der Waals surface area contributed by atoms with Crippen LogP contribution in [-0.2, 0) is 24.4 Å². The molecule has 2 aromatic rings. The van der Waals surface area contributed by atoms with Crippen LogP contribution >= 0.6 is 11.6 Å². The lowest BCUT2D eigenvalue weighted by Crippen LogP contribution is -2.42. The average Bonchev–Trinajstić information content (AvgIpc) is 3.07. The van der Waals surface area contributed by atoms with E-state index in [-0.39, 0.29) is 24.2 Å². The maximum Gasteiger partial charge on any atom is 0.346 e. The molecule has 1 N–H and O–H groups in total. The first-order valence-electron chi connectivity index (χ1n) is 10.7. The van der Waals surface area contributed by atoms with E-state index in [0.29, 0.717) is 31.2 Å². The van der Waals surface area contributed by atoms with Crippen molar-refractivity contribution in [1.29, 1.82) is 0 Å². The molecule has 2 aliphatic rings. The van der Waals surface area contributed by atoms with Crippen molar-refractivity contribution in [1.82, 2.24) is 24.6 Å². The fraction of sp³-hybridized carbons (Fsp3) is 0.455.